The molecule has 2 aromatic rings. The Bertz CT molecular complexity index is 1020. The monoisotopic (exact) mass is 417 g/mol. The molecular formula is C21H24ClN3O4. The van der Waals surface area contributed by atoms with Crippen molar-refractivity contribution < 1.29 is 14.3 Å². The number of nitrogens with two attached hydrogens (primary N) is 1. The Morgan fingerprint density at radius 1 is 1.34 bits per heavy atom. The molecule has 1 amide bonds. The topological polar surface area (TPSA) is 97.6 Å². The van der Waals surface area contributed by atoms with Crippen molar-refractivity contribution in [2.24, 2.45) is 5.73 Å². The van der Waals surface area contributed by atoms with Gasteiger partial charge < -0.3 is 25.1 Å². The van der Waals surface area contributed by atoms with Crippen LogP contribution in [-0.4, -0.2) is 41.3 Å². The lowest BCUT2D eigenvalue weighted by molar-refractivity contribution is 0.0584. The highest BCUT2D eigenvalue weighted by Crippen LogP contribution is 2.36. The normalized spacial score (nSPS) is 21.4. The highest BCUT2D eigenvalue weighted by Gasteiger charge is 2.32. The number of aromatic nitrogens is 1. The first-order chi connectivity index (χ1) is 13.8. The molecule has 0 aliphatic carbocycles. The van der Waals surface area contributed by atoms with Crippen LogP contribution in [0.15, 0.2) is 23.0 Å². The second kappa shape index (κ2) is 7.82. The molecule has 154 valence electrons. The van der Waals surface area contributed by atoms with Gasteiger partial charge in [0.2, 0.25) is 0 Å². The van der Waals surface area contributed by atoms with Gasteiger partial charge >= 0.3 is 0 Å². The third kappa shape index (κ3) is 3.77. The van der Waals surface area contributed by atoms with Crippen molar-refractivity contribution in [1.29, 1.82) is 0 Å². The molecule has 0 unspecified atom stereocenters. The molecule has 1 saturated heterocycles. The maximum Gasteiger partial charge on any atom is 0.256 e. The van der Waals surface area contributed by atoms with E-state index in [9.17, 15) is 9.59 Å². The summed E-state index contributed by atoms with van der Waals surface area (Å²) < 4.78 is 11.3. The quantitative estimate of drug-likeness (QED) is 0.795. The molecule has 0 radical (unpaired) electrons. The van der Waals surface area contributed by atoms with Gasteiger partial charge in [0.05, 0.1) is 23.7 Å². The fraction of sp³-hybridized carbons (Fsp3) is 0.429. The average Bonchev–Trinajstić information content (AvgIpc) is 3.06. The molecule has 8 heteroatoms. The van der Waals surface area contributed by atoms with Crippen LogP contribution in [0.2, 0.25) is 5.02 Å². The summed E-state index contributed by atoms with van der Waals surface area (Å²) in [5.41, 5.74) is 9.29. The van der Waals surface area contributed by atoms with Gasteiger partial charge in [-0.15, -0.1) is 0 Å². The molecule has 7 nitrogen and oxygen atoms in total. The summed E-state index contributed by atoms with van der Waals surface area (Å²) in [5, 5.41) is 0.283. The fourth-order valence-corrected chi connectivity index (χ4v) is 4.25. The number of carbonyl (C=O) groups excluding carboxylic acids is 1. The zero-order valence-corrected chi connectivity index (χ0v) is 17.2. The lowest BCUT2D eigenvalue weighted by Crippen LogP contribution is -2.39. The van der Waals surface area contributed by atoms with Gasteiger partial charge in [0.25, 0.3) is 11.5 Å². The molecule has 2 aliphatic rings. The van der Waals surface area contributed by atoms with Gasteiger partial charge in [0.1, 0.15) is 18.1 Å². The Labute approximate surface area is 173 Å². The molecule has 2 aliphatic heterocycles. The van der Waals surface area contributed by atoms with E-state index in [1.165, 1.54) is 0 Å². The first kappa shape index (κ1) is 19.9. The van der Waals surface area contributed by atoms with E-state index in [0.717, 1.165) is 16.8 Å². The maximum absolute atomic E-state index is 13.2. The van der Waals surface area contributed by atoms with Crippen LogP contribution in [0.1, 0.15) is 39.2 Å². The number of H-pyrrole nitrogens is 1. The standard InChI is InChI=1S/C21H24ClN3O4/c1-11-9-12(2)24-20(26)14(11)10-25-7-5-13-3-4-15(18(22)17(13)21(25)27)29-16-6-8-28-19(16)23/h3-4,9,16,19H,5-8,10,23H2,1-2H3,(H,24,26)/t16-,19-/m1/s1. The lowest BCUT2D eigenvalue weighted by atomic mass is 9.97. The van der Waals surface area contributed by atoms with Gasteiger partial charge in [-0.2, -0.15) is 0 Å². The highest BCUT2D eigenvalue weighted by atomic mass is 35.5. The van der Waals surface area contributed by atoms with Crippen LogP contribution < -0.4 is 16.0 Å². The van der Waals surface area contributed by atoms with Crippen LogP contribution in [0, 0.1) is 13.8 Å². The van der Waals surface area contributed by atoms with Crippen molar-refractivity contribution in [1.82, 2.24) is 9.88 Å². The van der Waals surface area contributed by atoms with E-state index >= 15 is 0 Å². The van der Waals surface area contributed by atoms with E-state index in [0.29, 0.717) is 42.9 Å². The van der Waals surface area contributed by atoms with E-state index in [2.05, 4.69) is 4.98 Å². The molecule has 1 fully saturated rings. The van der Waals surface area contributed by atoms with E-state index in [1.807, 2.05) is 26.0 Å². The average molecular weight is 418 g/mol. The summed E-state index contributed by atoms with van der Waals surface area (Å²) in [7, 11) is 0. The molecule has 2 atom stereocenters. The highest BCUT2D eigenvalue weighted by molar-refractivity contribution is 6.35. The largest absolute Gasteiger partial charge is 0.485 e. The van der Waals surface area contributed by atoms with Crippen molar-refractivity contribution in [2.75, 3.05) is 13.2 Å². The lowest BCUT2D eigenvalue weighted by Gasteiger charge is -2.30. The third-order valence-electron chi connectivity index (χ3n) is 5.55. The number of aryl methyl sites for hydroxylation is 2. The van der Waals surface area contributed by atoms with Crippen molar-refractivity contribution in [2.45, 2.75) is 45.6 Å². The molecule has 4 rings (SSSR count). The first-order valence-corrected chi connectivity index (χ1v) is 10.1. The number of carbonyl (C=O) groups is 1. The summed E-state index contributed by atoms with van der Waals surface area (Å²) in [6, 6.07) is 5.56. The third-order valence-corrected chi connectivity index (χ3v) is 5.92. The summed E-state index contributed by atoms with van der Waals surface area (Å²) in [6.07, 6.45) is 0.528. The van der Waals surface area contributed by atoms with Crippen LogP contribution in [-0.2, 0) is 17.7 Å². The van der Waals surface area contributed by atoms with Gasteiger partial charge in [-0.25, -0.2) is 0 Å². The van der Waals surface area contributed by atoms with E-state index in [1.54, 1.807) is 11.0 Å². The number of pyridine rings is 1. The Morgan fingerprint density at radius 3 is 2.83 bits per heavy atom. The van der Waals surface area contributed by atoms with Crippen LogP contribution in [0.4, 0.5) is 0 Å². The number of hydrogen-bond donors (Lipinski definition) is 2. The second-order valence-corrected chi connectivity index (χ2v) is 7.99. The van der Waals surface area contributed by atoms with Crippen LogP contribution in [0.25, 0.3) is 0 Å². The van der Waals surface area contributed by atoms with Gasteiger partial charge in [0.15, 0.2) is 0 Å². The van der Waals surface area contributed by atoms with Crippen molar-refractivity contribution >= 4 is 17.5 Å². The summed E-state index contributed by atoms with van der Waals surface area (Å²) >= 11 is 6.58. The minimum atomic E-state index is -0.509. The number of ether oxygens (including phenoxy) is 2. The summed E-state index contributed by atoms with van der Waals surface area (Å²) in [5.74, 6) is 0.226. The molecule has 0 saturated carbocycles. The minimum Gasteiger partial charge on any atom is -0.485 e. The Balaban J connectivity index is 1.61. The molecule has 3 N–H and O–H groups in total. The maximum atomic E-state index is 13.2. The summed E-state index contributed by atoms with van der Waals surface area (Å²) in [4.78, 5) is 30.0. The zero-order valence-electron chi connectivity index (χ0n) is 16.5. The molecule has 1 aromatic carbocycles. The number of fused-ring (bicyclic) bond motifs is 1. The Morgan fingerprint density at radius 2 is 2.14 bits per heavy atom. The number of halogens is 1. The molecular weight excluding hydrogens is 394 g/mol. The summed E-state index contributed by atoms with van der Waals surface area (Å²) in [6.45, 7) is 5.01. The molecule has 0 bridgehead atoms. The van der Waals surface area contributed by atoms with Crippen molar-refractivity contribution in [3.63, 3.8) is 0 Å². The van der Waals surface area contributed by atoms with E-state index in [-0.39, 0.29) is 29.1 Å². The number of aromatic amines is 1. The number of nitrogens with zero attached hydrogens (tertiary/aromatic N) is 1. The van der Waals surface area contributed by atoms with Crippen molar-refractivity contribution in [3.05, 3.63) is 61.5 Å². The molecule has 1 aromatic heterocycles. The van der Waals surface area contributed by atoms with Crippen molar-refractivity contribution in [3.8, 4) is 5.75 Å². The number of amides is 1. The molecule has 3 heterocycles. The number of nitrogens with one attached hydrogen (secondary N) is 1. The van der Waals surface area contributed by atoms with E-state index in [4.69, 9.17) is 26.8 Å². The van der Waals surface area contributed by atoms with Crippen LogP contribution in [0.3, 0.4) is 0 Å². The second-order valence-electron chi connectivity index (χ2n) is 7.61. The predicted octanol–water partition coefficient (Wildman–Crippen LogP) is 2.30. The fourth-order valence-electron chi connectivity index (χ4n) is 3.94. The van der Waals surface area contributed by atoms with Gasteiger partial charge in [0, 0.05) is 24.2 Å². The van der Waals surface area contributed by atoms with Crippen LogP contribution in [0.5, 0.6) is 5.75 Å². The van der Waals surface area contributed by atoms with Gasteiger partial charge in [-0.3, -0.25) is 9.59 Å². The first-order valence-electron chi connectivity index (χ1n) is 9.69. The predicted molar refractivity (Wildman–Crippen MR) is 109 cm³/mol. The number of rotatable bonds is 4. The van der Waals surface area contributed by atoms with Crippen LogP contribution >= 0.6 is 11.6 Å². The van der Waals surface area contributed by atoms with Gasteiger partial charge in [-0.1, -0.05) is 17.7 Å². The SMILES string of the molecule is Cc1cc(C)c(CN2CCc3ccc(O[C@@H]4CCO[C@H]4N)c(Cl)c3C2=O)c(=O)[nH]1. The number of benzene rings is 1. The van der Waals surface area contributed by atoms with Gasteiger partial charge in [-0.05, 0) is 43.5 Å². The Kier molecular flexibility index (Phi) is 5.38. The zero-order chi connectivity index (χ0) is 20.7. The smallest absolute Gasteiger partial charge is 0.256 e. The van der Waals surface area contributed by atoms with E-state index < -0.39 is 6.23 Å². The molecule has 0 spiro atoms. The Hall–Kier alpha value is -2.35. The minimum absolute atomic E-state index is 0.167. The molecule has 29 heavy (non-hydrogen) atoms. The number of hydrogen-bond acceptors (Lipinski definition) is 5.